The van der Waals surface area contributed by atoms with Gasteiger partial charge in [-0.25, -0.2) is 17.9 Å². The monoisotopic (exact) mass is 280 g/mol. The molecule has 0 spiro atoms. The number of hydrogen-bond donors (Lipinski definition) is 3. The van der Waals surface area contributed by atoms with Crippen LogP contribution in [0.15, 0.2) is 0 Å². The fourth-order valence-corrected chi connectivity index (χ4v) is 2.59. The molecule has 0 rings (SSSR count). The summed E-state index contributed by atoms with van der Waals surface area (Å²) in [7, 11) is -3.50. The van der Waals surface area contributed by atoms with Gasteiger partial charge in [0.25, 0.3) is 0 Å². The Morgan fingerprint density at radius 2 is 1.83 bits per heavy atom. The van der Waals surface area contributed by atoms with Crippen LogP contribution in [-0.2, 0) is 19.6 Å². The zero-order valence-corrected chi connectivity index (χ0v) is 11.6. The number of rotatable bonds is 8. The van der Waals surface area contributed by atoms with E-state index in [2.05, 4.69) is 10.0 Å². The minimum absolute atomic E-state index is 0.0687. The Balaban J connectivity index is 4.48. The van der Waals surface area contributed by atoms with E-state index in [4.69, 9.17) is 5.11 Å². The average molecular weight is 280 g/mol. The van der Waals surface area contributed by atoms with E-state index in [1.165, 1.54) is 6.92 Å². The number of aliphatic carboxylic acids is 1. The summed E-state index contributed by atoms with van der Waals surface area (Å²) in [6.07, 6.45) is 0.673. The summed E-state index contributed by atoms with van der Waals surface area (Å²) >= 11 is 0. The highest BCUT2D eigenvalue weighted by Gasteiger charge is 2.24. The van der Waals surface area contributed by atoms with Gasteiger partial charge in [0.2, 0.25) is 15.9 Å². The lowest BCUT2D eigenvalue weighted by molar-refractivity contribution is -0.142. The number of carboxylic acid groups (broad SMARTS) is 1. The first-order chi connectivity index (χ1) is 8.23. The molecule has 0 radical (unpaired) electrons. The van der Waals surface area contributed by atoms with Gasteiger partial charge in [-0.05, 0) is 19.8 Å². The predicted octanol–water partition coefficient (Wildman–Crippen LogP) is -0.316. The SMILES string of the molecule is CCCS(=O)(=O)NC(C)C(=O)N[C@@H](CC)C(=O)O. The molecular weight excluding hydrogens is 260 g/mol. The van der Waals surface area contributed by atoms with E-state index in [-0.39, 0.29) is 12.2 Å². The molecule has 1 unspecified atom stereocenters. The first kappa shape index (κ1) is 16.9. The smallest absolute Gasteiger partial charge is 0.326 e. The summed E-state index contributed by atoms with van der Waals surface area (Å²) in [5, 5.41) is 11.0. The van der Waals surface area contributed by atoms with E-state index < -0.39 is 34.0 Å². The maximum Gasteiger partial charge on any atom is 0.326 e. The third-order valence-electron chi connectivity index (χ3n) is 2.25. The van der Waals surface area contributed by atoms with Gasteiger partial charge in [0.1, 0.15) is 6.04 Å². The van der Waals surface area contributed by atoms with E-state index in [9.17, 15) is 18.0 Å². The Bertz CT molecular complexity index is 393. The largest absolute Gasteiger partial charge is 0.480 e. The Kier molecular flexibility index (Phi) is 6.85. The van der Waals surface area contributed by atoms with Crippen LogP contribution in [-0.4, -0.2) is 43.2 Å². The number of carbonyl (C=O) groups excluding carboxylic acids is 1. The van der Waals surface area contributed by atoms with Crippen LogP contribution in [0.1, 0.15) is 33.6 Å². The topological polar surface area (TPSA) is 113 Å². The van der Waals surface area contributed by atoms with E-state index in [0.717, 1.165) is 0 Å². The molecule has 8 heteroatoms. The molecule has 0 aromatic heterocycles. The van der Waals surface area contributed by atoms with Crippen LogP contribution >= 0.6 is 0 Å². The highest BCUT2D eigenvalue weighted by Crippen LogP contribution is 1.96. The predicted molar refractivity (Wildman–Crippen MR) is 66.5 cm³/mol. The lowest BCUT2D eigenvalue weighted by Gasteiger charge is -2.17. The first-order valence-electron chi connectivity index (χ1n) is 5.76. The quantitative estimate of drug-likeness (QED) is 0.564. The van der Waals surface area contributed by atoms with E-state index in [0.29, 0.717) is 6.42 Å². The molecule has 106 valence electrons. The summed E-state index contributed by atoms with van der Waals surface area (Å²) in [4.78, 5) is 22.3. The van der Waals surface area contributed by atoms with Gasteiger partial charge >= 0.3 is 5.97 Å². The second-order valence-electron chi connectivity index (χ2n) is 3.97. The van der Waals surface area contributed by atoms with Crippen molar-refractivity contribution in [3.63, 3.8) is 0 Å². The number of amides is 1. The molecule has 0 heterocycles. The van der Waals surface area contributed by atoms with Crippen molar-refractivity contribution >= 4 is 21.9 Å². The van der Waals surface area contributed by atoms with Gasteiger partial charge in [-0.15, -0.1) is 0 Å². The average Bonchev–Trinajstić information content (AvgIpc) is 2.23. The highest BCUT2D eigenvalue weighted by atomic mass is 32.2. The normalized spacial score (nSPS) is 14.8. The second-order valence-corrected chi connectivity index (χ2v) is 5.84. The van der Waals surface area contributed by atoms with E-state index >= 15 is 0 Å². The highest BCUT2D eigenvalue weighted by molar-refractivity contribution is 7.89. The van der Waals surface area contributed by atoms with E-state index in [1.807, 2.05) is 0 Å². The maximum absolute atomic E-state index is 11.6. The summed E-state index contributed by atoms with van der Waals surface area (Å²) in [5.41, 5.74) is 0. The van der Waals surface area contributed by atoms with Crippen molar-refractivity contribution in [3.05, 3.63) is 0 Å². The van der Waals surface area contributed by atoms with Crippen LogP contribution in [0.3, 0.4) is 0 Å². The Labute approximate surface area is 107 Å². The molecule has 2 atom stereocenters. The van der Waals surface area contributed by atoms with Crippen molar-refractivity contribution in [2.24, 2.45) is 0 Å². The molecule has 0 aromatic rings. The summed E-state index contributed by atoms with van der Waals surface area (Å²) in [6, 6.07) is -1.99. The Hall–Kier alpha value is -1.15. The van der Waals surface area contributed by atoms with Gasteiger partial charge in [0, 0.05) is 0 Å². The number of carboxylic acids is 1. The Morgan fingerprint density at radius 3 is 2.22 bits per heavy atom. The summed E-state index contributed by atoms with van der Waals surface area (Å²) < 4.78 is 25.0. The third kappa shape index (κ3) is 5.97. The van der Waals surface area contributed by atoms with Gasteiger partial charge in [-0.1, -0.05) is 13.8 Å². The van der Waals surface area contributed by atoms with Crippen molar-refractivity contribution in [1.29, 1.82) is 0 Å². The fourth-order valence-electron chi connectivity index (χ4n) is 1.29. The van der Waals surface area contributed by atoms with Crippen LogP contribution in [0, 0.1) is 0 Å². The van der Waals surface area contributed by atoms with Crippen LogP contribution in [0.2, 0.25) is 0 Å². The zero-order chi connectivity index (χ0) is 14.3. The van der Waals surface area contributed by atoms with Crippen molar-refractivity contribution in [2.45, 2.75) is 45.7 Å². The van der Waals surface area contributed by atoms with Gasteiger partial charge in [0.05, 0.1) is 11.8 Å². The second kappa shape index (κ2) is 7.32. The minimum atomic E-state index is -3.50. The van der Waals surface area contributed by atoms with Crippen LogP contribution in [0.5, 0.6) is 0 Å². The van der Waals surface area contributed by atoms with Crippen LogP contribution in [0.25, 0.3) is 0 Å². The zero-order valence-electron chi connectivity index (χ0n) is 10.8. The third-order valence-corrected chi connectivity index (χ3v) is 3.90. The molecule has 0 aliphatic rings. The molecule has 0 aromatic carbocycles. The number of hydrogen-bond acceptors (Lipinski definition) is 4. The molecule has 1 amide bonds. The minimum Gasteiger partial charge on any atom is -0.480 e. The lowest BCUT2D eigenvalue weighted by Crippen LogP contribution is -2.50. The molecular formula is C10H20N2O5S. The molecule has 0 fully saturated rings. The van der Waals surface area contributed by atoms with Crippen molar-refractivity contribution in [1.82, 2.24) is 10.0 Å². The fraction of sp³-hybridized carbons (Fsp3) is 0.800. The molecule has 3 N–H and O–H groups in total. The molecule has 0 bridgehead atoms. The lowest BCUT2D eigenvalue weighted by atomic mass is 10.2. The number of sulfonamides is 1. The molecule has 0 aliphatic heterocycles. The Morgan fingerprint density at radius 1 is 1.28 bits per heavy atom. The van der Waals surface area contributed by atoms with Crippen molar-refractivity contribution in [3.8, 4) is 0 Å². The van der Waals surface area contributed by atoms with Crippen molar-refractivity contribution < 1.29 is 23.1 Å². The molecule has 18 heavy (non-hydrogen) atoms. The molecule has 0 aliphatic carbocycles. The van der Waals surface area contributed by atoms with Crippen LogP contribution in [0.4, 0.5) is 0 Å². The number of nitrogens with one attached hydrogen (secondary N) is 2. The van der Waals surface area contributed by atoms with Gasteiger partial charge in [-0.3, -0.25) is 4.79 Å². The first-order valence-corrected chi connectivity index (χ1v) is 7.41. The summed E-state index contributed by atoms with van der Waals surface area (Å²) in [6.45, 7) is 4.70. The summed E-state index contributed by atoms with van der Waals surface area (Å²) in [5.74, 6) is -1.86. The molecule has 0 saturated carbocycles. The van der Waals surface area contributed by atoms with Gasteiger partial charge in [0.15, 0.2) is 0 Å². The molecule has 0 saturated heterocycles. The van der Waals surface area contributed by atoms with Crippen molar-refractivity contribution in [2.75, 3.05) is 5.75 Å². The number of carbonyl (C=O) groups is 2. The van der Waals surface area contributed by atoms with Crippen LogP contribution < -0.4 is 10.0 Å². The maximum atomic E-state index is 11.6. The van der Waals surface area contributed by atoms with Gasteiger partial charge < -0.3 is 10.4 Å². The van der Waals surface area contributed by atoms with Gasteiger partial charge in [-0.2, -0.15) is 0 Å². The van der Waals surface area contributed by atoms with E-state index in [1.54, 1.807) is 13.8 Å². The standard InChI is InChI=1S/C10H20N2O5S/c1-4-6-18(16,17)12-7(3)9(13)11-8(5-2)10(14)15/h7-8,12H,4-6H2,1-3H3,(H,11,13)(H,14,15)/t7?,8-/m0/s1. The molecule has 7 nitrogen and oxygen atoms in total.